The van der Waals surface area contributed by atoms with Crippen LogP contribution in [0.2, 0.25) is 0 Å². The second-order valence-electron chi connectivity index (χ2n) is 7.28. The molecule has 3 rings (SSSR count). The molecule has 1 heterocycles. The number of rotatable bonds is 2. The van der Waals surface area contributed by atoms with Crippen LogP contribution in [0.5, 0.6) is 0 Å². The molecule has 0 unspecified atom stereocenters. The summed E-state index contributed by atoms with van der Waals surface area (Å²) >= 11 is 0. The first-order valence-electron chi connectivity index (χ1n) is 8.23. The average Bonchev–Trinajstić information content (AvgIpc) is 3.13. The van der Waals surface area contributed by atoms with E-state index in [4.69, 9.17) is 4.74 Å². The molecule has 0 radical (unpaired) electrons. The largest absolute Gasteiger partial charge is 0.442 e. The van der Waals surface area contributed by atoms with Gasteiger partial charge in [0.25, 0.3) is 0 Å². The van der Waals surface area contributed by atoms with Crippen LogP contribution >= 0.6 is 0 Å². The van der Waals surface area contributed by atoms with E-state index in [1.165, 1.54) is 10.6 Å². The summed E-state index contributed by atoms with van der Waals surface area (Å²) in [5.41, 5.74) is 0.648. The quantitative estimate of drug-likeness (QED) is 0.842. The molecular formula is C18H24N2O3. The van der Waals surface area contributed by atoms with Gasteiger partial charge in [-0.1, -0.05) is 30.3 Å². The molecule has 2 fully saturated rings. The lowest BCUT2D eigenvalue weighted by Crippen LogP contribution is -2.47. The summed E-state index contributed by atoms with van der Waals surface area (Å²) in [5.74, 6) is 0.312. The Bertz CT molecular complexity index is 594. The van der Waals surface area contributed by atoms with Crippen LogP contribution in [-0.2, 0) is 9.53 Å². The number of amides is 2. The number of carbonyl (C=O) groups excluding carboxylic acids is 2. The van der Waals surface area contributed by atoms with E-state index in [2.05, 4.69) is 12.1 Å². The topological polar surface area (TPSA) is 49.9 Å². The van der Waals surface area contributed by atoms with Gasteiger partial charge in [0.1, 0.15) is 5.60 Å². The number of carbonyl (C=O) groups is 2. The molecule has 0 bridgehead atoms. The van der Waals surface area contributed by atoms with E-state index in [9.17, 15) is 9.59 Å². The molecule has 0 aromatic heterocycles. The minimum atomic E-state index is -0.555. The molecule has 5 nitrogen and oxygen atoms in total. The van der Waals surface area contributed by atoms with Gasteiger partial charge in [-0.05, 0) is 45.1 Å². The van der Waals surface area contributed by atoms with E-state index >= 15 is 0 Å². The highest BCUT2D eigenvalue weighted by molar-refractivity contribution is 5.85. The van der Waals surface area contributed by atoms with Crippen molar-refractivity contribution < 1.29 is 14.3 Å². The smallest absolute Gasteiger partial charge is 0.429 e. The van der Waals surface area contributed by atoms with Gasteiger partial charge in [-0.15, -0.1) is 0 Å². The van der Waals surface area contributed by atoms with Crippen LogP contribution in [0.25, 0.3) is 0 Å². The predicted molar refractivity (Wildman–Crippen MR) is 86.6 cm³/mol. The molecule has 1 aliphatic carbocycles. The fraction of sp³-hybridized carbons (Fsp3) is 0.556. The van der Waals surface area contributed by atoms with E-state index in [0.29, 0.717) is 13.1 Å². The summed E-state index contributed by atoms with van der Waals surface area (Å²) in [5, 5.41) is 3.05. The fourth-order valence-electron chi connectivity index (χ4n) is 3.07. The lowest BCUT2D eigenvalue weighted by Gasteiger charge is -2.30. The van der Waals surface area contributed by atoms with Crippen molar-refractivity contribution in [1.29, 1.82) is 0 Å². The fourth-order valence-corrected chi connectivity index (χ4v) is 3.07. The summed E-state index contributed by atoms with van der Waals surface area (Å²) in [6, 6.07) is 10.1. The van der Waals surface area contributed by atoms with Crippen LogP contribution in [0.4, 0.5) is 4.79 Å². The molecule has 23 heavy (non-hydrogen) atoms. The Morgan fingerprint density at radius 1 is 1.09 bits per heavy atom. The molecule has 1 aromatic rings. The van der Waals surface area contributed by atoms with Crippen LogP contribution in [0.1, 0.15) is 45.1 Å². The highest BCUT2D eigenvalue weighted by Crippen LogP contribution is 2.48. The molecule has 1 saturated heterocycles. The van der Waals surface area contributed by atoms with Crippen molar-refractivity contribution in [3.63, 3.8) is 0 Å². The molecule has 1 aliphatic heterocycles. The Balaban J connectivity index is 1.64. The standard InChI is InChI=1S/C18H24N2O3/c1-18(2,3)23-17(22)20-11-7-10-19(20)16(21)15-12-14(15)13-8-5-4-6-9-13/h4-6,8-9,14-15H,7,10-12H2,1-3H3/t14-,15-/m0/s1. The predicted octanol–water partition coefficient (Wildman–Crippen LogP) is 3.17. The Hall–Kier alpha value is -2.04. The monoisotopic (exact) mass is 316 g/mol. The highest BCUT2D eigenvalue weighted by Gasteiger charge is 2.48. The van der Waals surface area contributed by atoms with Crippen molar-refractivity contribution in [2.45, 2.75) is 45.1 Å². The molecule has 1 saturated carbocycles. The van der Waals surface area contributed by atoms with Crippen molar-refractivity contribution >= 4 is 12.0 Å². The van der Waals surface area contributed by atoms with Crippen LogP contribution < -0.4 is 0 Å². The van der Waals surface area contributed by atoms with Gasteiger partial charge >= 0.3 is 6.09 Å². The van der Waals surface area contributed by atoms with E-state index in [-0.39, 0.29) is 17.7 Å². The normalized spacial score (nSPS) is 23.8. The van der Waals surface area contributed by atoms with Gasteiger partial charge in [-0.3, -0.25) is 4.79 Å². The second-order valence-corrected chi connectivity index (χ2v) is 7.28. The SMILES string of the molecule is CC(C)(C)OC(=O)N1CCCN1C(=O)[C@H]1C[C@H]1c1ccccc1. The van der Waals surface area contributed by atoms with Crippen molar-refractivity contribution in [2.75, 3.05) is 13.1 Å². The van der Waals surface area contributed by atoms with Crippen LogP contribution in [0.15, 0.2) is 30.3 Å². The third kappa shape index (κ3) is 3.49. The Morgan fingerprint density at radius 3 is 2.39 bits per heavy atom. The first kappa shape index (κ1) is 15.8. The summed E-state index contributed by atoms with van der Waals surface area (Å²) in [4.78, 5) is 25.0. The first-order valence-corrected chi connectivity index (χ1v) is 8.23. The van der Waals surface area contributed by atoms with Gasteiger partial charge < -0.3 is 4.74 Å². The minimum Gasteiger partial charge on any atom is -0.442 e. The number of benzene rings is 1. The zero-order valence-corrected chi connectivity index (χ0v) is 14.0. The van der Waals surface area contributed by atoms with Gasteiger partial charge in [0.15, 0.2) is 0 Å². The molecule has 2 atom stereocenters. The summed E-state index contributed by atoms with van der Waals surface area (Å²) in [6.45, 7) is 6.64. The van der Waals surface area contributed by atoms with E-state index in [1.807, 2.05) is 39.0 Å². The van der Waals surface area contributed by atoms with Crippen LogP contribution in [0, 0.1) is 5.92 Å². The summed E-state index contributed by atoms with van der Waals surface area (Å²) in [6.07, 6.45) is 1.23. The van der Waals surface area contributed by atoms with Crippen LogP contribution in [-0.4, -0.2) is 40.7 Å². The van der Waals surface area contributed by atoms with Crippen molar-refractivity contribution in [1.82, 2.24) is 10.0 Å². The third-order valence-corrected chi connectivity index (χ3v) is 4.23. The lowest BCUT2D eigenvalue weighted by atomic mass is 10.1. The molecule has 2 aliphatic rings. The van der Waals surface area contributed by atoms with Crippen molar-refractivity contribution in [2.24, 2.45) is 5.92 Å². The number of ether oxygens (including phenoxy) is 1. The van der Waals surface area contributed by atoms with Gasteiger partial charge in [-0.25, -0.2) is 14.8 Å². The Morgan fingerprint density at radius 2 is 1.74 bits per heavy atom. The molecule has 1 aromatic carbocycles. The molecule has 5 heteroatoms. The molecule has 2 amide bonds. The van der Waals surface area contributed by atoms with Gasteiger partial charge in [0, 0.05) is 19.0 Å². The van der Waals surface area contributed by atoms with E-state index in [0.717, 1.165) is 12.8 Å². The number of hydrogen-bond acceptors (Lipinski definition) is 3. The zero-order valence-electron chi connectivity index (χ0n) is 14.0. The second kappa shape index (κ2) is 5.87. The van der Waals surface area contributed by atoms with Gasteiger partial charge in [0.05, 0.1) is 0 Å². The van der Waals surface area contributed by atoms with E-state index in [1.54, 1.807) is 5.01 Å². The minimum absolute atomic E-state index is 0.0135. The maximum Gasteiger partial charge on any atom is 0.429 e. The maximum absolute atomic E-state index is 12.7. The first-order chi connectivity index (χ1) is 10.9. The molecule has 0 spiro atoms. The van der Waals surface area contributed by atoms with Crippen molar-refractivity contribution in [3.05, 3.63) is 35.9 Å². The third-order valence-electron chi connectivity index (χ3n) is 4.23. The Kier molecular flexibility index (Phi) is 4.04. The summed E-state index contributed by atoms with van der Waals surface area (Å²) in [7, 11) is 0. The maximum atomic E-state index is 12.7. The number of hydrogen-bond donors (Lipinski definition) is 0. The van der Waals surface area contributed by atoms with Crippen molar-refractivity contribution in [3.8, 4) is 0 Å². The summed E-state index contributed by atoms with van der Waals surface area (Å²) < 4.78 is 5.41. The van der Waals surface area contributed by atoms with Crippen LogP contribution in [0.3, 0.4) is 0 Å². The zero-order chi connectivity index (χ0) is 16.6. The number of hydrazine groups is 1. The average molecular weight is 316 g/mol. The lowest BCUT2D eigenvalue weighted by molar-refractivity contribution is -0.144. The number of nitrogens with zero attached hydrogens (tertiary/aromatic N) is 2. The highest BCUT2D eigenvalue weighted by atomic mass is 16.6. The Labute approximate surface area is 137 Å². The molecular weight excluding hydrogens is 292 g/mol. The van der Waals surface area contributed by atoms with E-state index < -0.39 is 11.7 Å². The van der Waals surface area contributed by atoms with Gasteiger partial charge in [-0.2, -0.15) is 0 Å². The molecule has 0 N–H and O–H groups in total. The van der Waals surface area contributed by atoms with Gasteiger partial charge in [0.2, 0.25) is 5.91 Å². The molecule has 124 valence electrons.